The highest BCUT2D eigenvalue weighted by atomic mass is 19.4. The number of ether oxygens (including phenoxy) is 1. The van der Waals surface area contributed by atoms with Gasteiger partial charge in [0.25, 0.3) is 6.10 Å². The summed E-state index contributed by atoms with van der Waals surface area (Å²) in [6.45, 7) is 0. The SMILES string of the molecule is N#Cc1nc(-c2c(F)cccc2C(F)(F)F)[nH]c1-c1cnc(OC(C(F)(F)F)C(F)(F)F)nc1. The van der Waals surface area contributed by atoms with Crippen LogP contribution in [0.4, 0.5) is 43.9 Å². The number of hydrogen-bond acceptors (Lipinski definition) is 5. The number of nitrogens with one attached hydrogen (secondary N) is 1. The maximum atomic E-state index is 14.2. The first-order valence-corrected chi connectivity index (χ1v) is 8.61. The maximum Gasteiger partial charge on any atom is 0.434 e. The standard InChI is InChI=1S/C18H7F10N5O/c19-9-3-1-2-8(16(20,21)22)11(9)13-32-10(4-29)12(33-13)7-5-30-15(31-6-7)34-14(17(23,24)25)18(26,27)28/h1-3,5-6,14H,(H,32,33). The van der Waals surface area contributed by atoms with Gasteiger partial charge in [-0.15, -0.1) is 0 Å². The molecule has 1 aromatic carbocycles. The van der Waals surface area contributed by atoms with Crippen LogP contribution in [-0.4, -0.2) is 38.4 Å². The molecule has 0 fully saturated rings. The van der Waals surface area contributed by atoms with Gasteiger partial charge in [0.05, 0.1) is 16.8 Å². The minimum atomic E-state index is -5.83. The first-order chi connectivity index (χ1) is 15.6. The monoisotopic (exact) mass is 499 g/mol. The summed E-state index contributed by atoms with van der Waals surface area (Å²) in [7, 11) is 0. The summed E-state index contributed by atoms with van der Waals surface area (Å²) in [5.41, 5.74) is -3.65. The summed E-state index contributed by atoms with van der Waals surface area (Å²) in [6.07, 6.45) is -19.6. The van der Waals surface area contributed by atoms with E-state index in [9.17, 15) is 49.2 Å². The molecule has 2 aromatic heterocycles. The smallest absolute Gasteiger partial charge is 0.434 e. The van der Waals surface area contributed by atoms with Crippen LogP contribution < -0.4 is 4.74 Å². The van der Waals surface area contributed by atoms with Gasteiger partial charge < -0.3 is 9.72 Å². The molecule has 34 heavy (non-hydrogen) atoms. The van der Waals surface area contributed by atoms with Crippen LogP contribution >= 0.6 is 0 Å². The van der Waals surface area contributed by atoms with Crippen molar-refractivity contribution in [1.29, 1.82) is 5.26 Å². The summed E-state index contributed by atoms with van der Waals surface area (Å²) in [5.74, 6) is -2.04. The molecule has 0 atom stereocenters. The van der Waals surface area contributed by atoms with Gasteiger partial charge >= 0.3 is 24.5 Å². The van der Waals surface area contributed by atoms with Crippen LogP contribution in [0.25, 0.3) is 22.6 Å². The number of imidazole rings is 1. The zero-order valence-corrected chi connectivity index (χ0v) is 15.9. The second-order valence-corrected chi connectivity index (χ2v) is 6.42. The average Bonchev–Trinajstić information content (AvgIpc) is 3.14. The van der Waals surface area contributed by atoms with Gasteiger partial charge in [0, 0.05) is 18.0 Å². The number of halogens is 10. The van der Waals surface area contributed by atoms with E-state index in [1.54, 1.807) is 0 Å². The normalized spacial score (nSPS) is 12.6. The third-order valence-electron chi connectivity index (χ3n) is 4.10. The van der Waals surface area contributed by atoms with E-state index in [2.05, 4.69) is 24.7 Å². The number of rotatable bonds is 4. The lowest BCUT2D eigenvalue weighted by Gasteiger charge is -2.22. The number of nitriles is 1. The molecule has 2 heterocycles. The summed E-state index contributed by atoms with van der Waals surface area (Å²) in [4.78, 5) is 12.3. The highest BCUT2D eigenvalue weighted by Gasteiger charge is 2.59. The van der Waals surface area contributed by atoms with Crippen LogP contribution in [-0.2, 0) is 6.18 Å². The maximum absolute atomic E-state index is 14.2. The van der Waals surface area contributed by atoms with Gasteiger partial charge in [0.2, 0.25) is 0 Å². The summed E-state index contributed by atoms with van der Waals surface area (Å²) >= 11 is 0. The number of alkyl halides is 9. The minimum absolute atomic E-state index is 0.275. The van der Waals surface area contributed by atoms with Gasteiger partial charge in [-0.05, 0) is 12.1 Å². The van der Waals surface area contributed by atoms with Crippen LogP contribution in [0.15, 0.2) is 30.6 Å². The first-order valence-electron chi connectivity index (χ1n) is 8.61. The summed E-state index contributed by atoms with van der Waals surface area (Å²) in [6, 6.07) is 2.28. The first kappa shape index (κ1) is 24.7. The highest BCUT2D eigenvalue weighted by molar-refractivity contribution is 5.71. The number of benzene rings is 1. The molecule has 0 saturated heterocycles. The molecule has 0 bridgehead atoms. The molecule has 0 spiro atoms. The second kappa shape index (κ2) is 8.47. The van der Waals surface area contributed by atoms with E-state index in [0.29, 0.717) is 24.5 Å². The molecule has 0 radical (unpaired) electrons. The van der Waals surface area contributed by atoms with Gasteiger partial charge in [-0.1, -0.05) is 6.07 Å². The Bertz CT molecular complexity index is 1210. The lowest BCUT2D eigenvalue weighted by atomic mass is 10.1. The molecular weight excluding hydrogens is 492 g/mol. The van der Waals surface area contributed by atoms with Crippen LogP contribution in [0.3, 0.4) is 0 Å². The molecule has 1 N–H and O–H groups in total. The molecule has 0 aliphatic carbocycles. The topological polar surface area (TPSA) is 87.5 Å². The van der Waals surface area contributed by atoms with Crippen molar-refractivity contribution in [2.75, 3.05) is 0 Å². The highest BCUT2D eigenvalue weighted by Crippen LogP contribution is 2.39. The Morgan fingerprint density at radius 2 is 1.53 bits per heavy atom. The van der Waals surface area contributed by atoms with Crippen molar-refractivity contribution < 1.29 is 48.6 Å². The van der Waals surface area contributed by atoms with Crippen molar-refractivity contribution in [3.8, 4) is 34.7 Å². The molecule has 0 unspecified atom stereocenters. The Morgan fingerprint density at radius 3 is 2.03 bits per heavy atom. The molecule has 0 saturated carbocycles. The molecule has 0 amide bonds. The lowest BCUT2D eigenvalue weighted by Crippen LogP contribution is -2.46. The Balaban J connectivity index is 2.01. The number of nitrogens with zero attached hydrogens (tertiary/aromatic N) is 4. The number of aromatic amines is 1. The molecule has 3 rings (SSSR count). The van der Waals surface area contributed by atoms with Gasteiger partial charge in [-0.2, -0.15) is 44.8 Å². The number of hydrogen-bond donors (Lipinski definition) is 1. The average molecular weight is 499 g/mol. The zero-order chi connectivity index (χ0) is 25.5. The van der Waals surface area contributed by atoms with Crippen LogP contribution in [0, 0.1) is 17.1 Å². The fourth-order valence-corrected chi connectivity index (χ4v) is 2.71. The Kier molecular flexibility index (Phi) is 6.16. The number of aromatic nitrogens is 4. The largest absolute Gasteiger partial charge is 0.441 e. The Labute approximate surface area is 181 Å². The second-order valence-electron chi connectivity index (χ2n) is 6.42. The quantitative estimate of drug-likeness (QED) is 0.484. The molecule has 180 valence electrons. The van der Waals surface area contributed by atoms with Crippen molar-refractivity contribution in [3.05, 3.63) is 47.7 Å². The van der Waals surface area contributed by atoms with Gasteiger partial charge in [0.1, 0.15) is 17.7 Å². The molecule has 0 aliphatic heterocycles. The molecule has 16 heteroatoms. The van der Waals surface area contributed by atoms with Gasteiger partial charge in [0.15, 0.2) is 5.69 Å². The fourth-order valence-electron chi connectivity index (χ4n) is 2.71. The predicted molar refractivity (Wildman–Crippen MR) is 91.3 cm³/mol. The van der Waals surface area contributed by atoms with E-state index in [-0.39, 0.29) is 11.3 Å². The molecule has 6 nitrogen and oxygen atoms in total. The van der Waals surface area contributed by atoms with E-state index in [4.69, 9.17) is 0 Å². The van der Waals surface area contributed by atoms with Crippen molar-refractivity contribution in [3.63, 3.8) is 0 Å². The van der Waals surface area contributed by atoms with Crippen molar-refractivity contribution in [2.45, 2.75) is 24.6 Å². The summed E-state index contributed by atoms with van der Waals surface area (Å²) in [5, 5.41) is 9.23. The Morgan fingerprint density at radius 1 is 0.941 bits per heavy atom. The molecule has 3 aromatic rings. The van der Waals surface area contributed by atoms with Crippen LogP contribution in [0.2, 0.25) is 0 Å². The third kappa shape index (κ3) is 5.02. The van der Waals surface area contributed by atoms with E-state index in [1.165, 1.54) is 6.07 Å². The van der Waals surface area contributed by atoms with Gasteiger partial charge in [-0.25, -0.2) is 19.3 Å². The van der Waals surface area contributed by atoms with Crippen LogP contribution in [0.1, 0.15) is 11.3 Å². The van der Waals surface area contributed by atoms with Crippen LogP contribution in [0.5, 0.6) is 6.01 Å². The molecular formula is C18H7F10N5O. The van der Waals surface area contributed by atoms with E-state index >= 15 is 0 Å². The molecule has 0 aliphatic rings. The van der Waals surface area contributed by atoms with Crippen molar-refractivity contribution in [1.82, 2.24) is 19.9 Å². The van der Waals surface area contributed by atoms with E-state index in [1.807, 2.05) is 0 Å². The van der Waals surface area contributed by atoms with E-state index < -0.39 is 59.1 Å². The van der Waals surface area contributed by atoms with Crippen molar-refractivity contribution in [2.24, 2.45) is 0 Å². The minimum Gasteiger partial charge on any atom is -0.441 e. The Hall–Kier alpha value is -3.90. The zero-order valence-electron chi connectivity index (χ0n) is 15.9. The van der Waals surface area contributed by atoms with Gasteiger partial charge in [-0.3, -0.25) is 0 Å². The lowest BCUT2D eigenvalue weighted by molar-refractivity contribution is -0.301. The summed E-state index contributed by atoms with van der Waals surface area (Å²) < 4.78 is 133. The van der Waals surface area contributed by atoms with Crippen molar-refractivity contribution >= 4 is 0 Å². The van der Waals surface area contributed by atoms with E-state index in [0.717, 1.165) is 6.07 Å². The predicted octanol–water partition coefficient (Wildman–Crippen LogP) is 5.44. The third-order valence-corrected chi connectivity index (χ3v) is 4.10. The number of H-pyrrole nitrogens is 1. The fraction of sp³-hybridized carbons (Fsp3) is 0.222.